The molecular weight excluding hydrogens is 385 g/mol. The van der Waals surface area contributed by atoms with Gasteiger partial charge in [-0.05, 0) is 17.7 Å². The van der Waals surface area contributed by atoms with Crippen molar-refractivity contribution in [2.24, 2.45) is 12.0 Å². The molecule has 1 aromatic carbocycles. The fraction of sp³-hybridized carbons (Fsp3) is 0.412. The summed E-state index contributed by atoms with van der Waals surface area (Å²) in [7, 11) is 4.63. The SMILES string of the molecule is CN=C(NCc1cn(C)nc1C(F)(F)F)N(C)Cc1ccc(OC(F)F)cc1. The van der Waals surface area contributed by atoms with E-state index in [0.29, 0.717) is 12.5 Å². The van der Waals surface area contributed by atoms with Gasteiger partial charge in [-0.2, -0.15) is 27.1 Å². The second kappa shape index (κ2) is 8.89. The smallest absolute Gasteiger partial charge is 0.435 e. The molecule has 1 heterocycles. The topological polar surface area (TPSA) is 54.7 Å². The van der Waals surface area contributed by atoms with Crippen molar-refractivity contribution in [1.29, 1.82) is 0 Å². The van der Waals surface area contributed by atoms with Gasteiger partial charge < -0.3 is 15.0 Å². The summed E-state index contributed by atoms with van der Waals surface area (Å²) in [6.07, 6.45) is -3.25. The molecule has 1 N–H and O–H groups in total. The molecule has 1 aromatic heterocycles. The molecule has 0 spiro atoms. The Hall–Kier alpha value is -2.85. The number of alkyl halides is 5. The zero-order chi connectivity index (χ0) is 20.9. The second-order valence-electron chi connectivity index (χ2n) is 5.95. The van der Waals surface area contributed by atoms with Gasteiger partial charge in [0.2, 0.25) is 0 Å². The summed E-state index contributed by atoms with van der Waals surface area (Å²) < 4.78 is 68.8. The van der Waals surface area contributed by atoms with Crippen molar-refractivity contribution >= 4 is 5.96 Å². The highest BCUT2D eigenvalue weighted by Gasteiger charge is 2.36. The van der Waals surface area contributed by atoms with Gasteiger partial charge in [0.25, 0.3) is 0 Å². The highest BCUT2D eigenvalue weighted by atomic mass is 19.4. The van der Waals surface area contributed by atoms with Gasteiger partial charge in [0.1, 0.15) is 5.75 Å². The molecule has 0 aliphatic carbocycles. The molecule has 0 saturated heterocycles. The number of nitrogens with one attached hydrogen (secondary N) is 1. The van der Waals surface area contributed by atoms with Gasteiger partial charge in [0.15, 0.2) is 11.7 Å². The number of ether oxygens (including phenoxy) is 1. The lowest BCUT2D eigenvalue weighted by Crippen LogP contribution is -2.38. The van der Waals surface area contributed by atoms with Crippen molar-refractivity contribution in [2.75, 3.05) is 14.1 Å². The Bertz CT molecular complexity index is 801. The minimum absolute atomic E-state index is 0.00180. The maximum absolute atomic E-state index is 13.0. The van der Waals surface area contributed by atoms with Gasteiger partial charge in [0.05, 0.1) is 0 Å². The molecule has 0 fully saturated rings. The largest absolute Gasteiger partial charge is 0.435 e. The van der Waals surface area contributed by atoms with E-state index in [-0.39, 0.29) is 17.9 Å². The minimum atomic E-state index is -4.55. The molecule has 0 aliphatic heterocycles. The first-order valence-corrected chi connectivity index (χ1v) is 8.15. The van der Waals surface area contributed by atoms with Crippen molar-refractivity contribution in [3.63, 3.8) is 0 Å². The summed E-state index contributed by atoms with van der Waals surface area (Å²) >= 11 is 0. The van der Waals surface area contributed by atoms with E-state index in [4.69, 9.17) is 0 Å². The summed E-state index contributed by atoms with van der Waals surface area (Å²) in [5.41, 5.74) is -0.169. The van der Waals surface area contributed by atoms with E-state index in [0.717, 1.165) is 10.2 Å². The normalized spacial score (nSPS) is 12.4. The van der Waals surface area contributed by atoms with Gasteiger partial charge in [-0.15, -0.1) is 0 Å². The lowest BCUT2D eigenvalue weighted by atomic mass is 10.2. The van der Waals surface area contributed by atoms with Crippen LogP contribution in [0.15, 0.2) is 35.5 Å². The average molecular weight is 405 g/mol. The highest BCUT2D eigenvalue weighted by Crippen LogP contribution is 2.30. The summed E-state index contributed by atoms with van der Waals surface area (Å²) in [6, 6.07) is 6.06. The van der Waals surface area contributed by atoms with Crippen LogP contribution >= 0.6 is 0 Å². The number of aromatic nitrogens is 2. The van der Waals surface area contributed by atoms with E-state index in [2.05, 4.69) is 20.1 Å². The van der Waals surface area contributed by atoms with Crippen LogP contribution in [0.2, 0.25) is 0 Å². The average Bonchev–Trinajstić information content (AvgIpc) is 2.98. The monoisotopic (exact) mass is 405 g/mol. The number of halogens is 5. The summed E-state index contributed by atoms with van der Waals surface area (Å²) in [5, 5.41) is 6.33. The maximum Gasteiger partial charge on any atom is 0.435 e. The standard InChI is InChI=1S/C17H20F5N5O/c1-23-16(24-8-12-10-27(3)25-14(12)17(20,21)22)26(2)9-11-4-6-13(7-5-11)28-15(18)19/h4-7,10,15H,8-9H2,1-3H3,(H,23,24). The Morgan fingerprint density at radius 2 is 1.93 bits per heavy atom. The first-order chi connectivity index (χ1) is 13.1. The van der Waals surface area contributed by atoms with Gasteiger partial charge in [-0.1, -0.05) is 12.1 Å². The molecule has 0 saturated carbocycles. The molecule has 2 rings (SSSR count). The predicted molar refractivity (Wildman–Crippen MR) is 92.9 cm³/mol. The summed E-state index contributed by atoms with van der Waals surface area (Å²) in [6.45, 7) is -2.65. The number of hydrogen-bond acceptors (Lipinski definition) is 3. The van der Waals surface area contributed by atoms with Crippen LogP contribution in [-0.4, -0.2) is 41.3 Å². The van der Waals surface area contributed by atoms with Gasteiger partial charge in [-0.3, -0.25) is 9.67 Å². The van der Waals surface area contributed by atoms with Crippen LogP contribution in [0.1, 0.15) is 16.8 Å². The molecule has 0 aliphatic rings. The van der Waals surface area contributed by atoms with E-state index in [9.17, 15) is 22.0 Å². The molecule has 0 bridgehead atoms. The van der Waals surface area contributed by atoms with Gasteiger partial charge >= 0.3 is 12.8 Å². The van der Waals surface area contributed by atoms with Crippen LogP contribution in [0.25, 0.3) is 0 Å². The molecular formula is C17H20F5N5O. The van der Waals surface area contributed by atoms with E-state index in [1.165, 1.54) is 32.4 Å². The minimum Gasteiger partial charge on any atom is -0.435 e. The number of aryl methyl sites for hydroxylation is 1. The van der Waals surface area contributed by atoms with Crippen molar-refractivity contribution in [1.82, 2.24) is 20.0 Å². The van der Waals surface area contributed by atoms with E-state index >= 15 is 0 Å². The third-order valence-corrected chi connectivity index (χ3v) is 3.75. The molecule has 154 valence electrons. The Morgan fingerprint density at radius 1 is 1.29 bits per heavy atom. The van der Waals surface area contributed by atoms with E-state index in [1.54, 1.807) is 24.1 Å². The lowest BCUT2D eigenvalue weighted by Gasteiger charge is -2.22. The van der Waals surface area contributed by atoms with Crippen LogP contribution in [0.3, 0.4) is 0 Å². The quantitative estimate of drug-likeness (QED) is 0.456. The third kappa shape index (κ3) is 5.83. The van der Waals surface area contributed by atoms with Crippen molar-refractivity contribution in [3.05, 3.63) is 47.3 Å². The fourth-order valence-electron chi connectivity index (χ4n) is 2.59. The number of aliphatic imine (C=N–C) groups is 1. The van der Waals surface area contributed by atoms with Crippen LogP contribution in [0, 0.1) is 0 Å². The number of hydrogen-bond donors (Lipinski definition) is 1. The van der Waals surface area contributed by atoms with Gasteiger partial charge in [-0.25, -0.2) is 0 Å². The number of benzene rings is 1. The molecule has 6 nitrogen and oxygen atoms in total. The zero-order valence-corrected chi connectivity index (χ0v) is 15.5. The molecule has 0 radical (unpaired) electrons. The summed E-state index contributed by atoms with van der Waals surface area (Å²) in [4.78, 5) is 5.74. The van der Waals surface area contributed by atoms with Crippen LogP contribution in [0.4, 0.5) is 22.0 Å². The Kier molecular flexibility index (Phi) is 6.81. The molecule has 2 aromatic rings. The Balaban J connectivity index is 2.00. The second-order valence-corrected chi connectivity index (χ2v) is 5.95. The zero-order valence-electron chi connectivity index (χ0n) is 15.5. The van der Waals surface area contributed by atoms with Crippen molar-refractivity contribution < 1.29 is 26.7 Å². The van der Waals surface area contributed by atoms with Crippen molar-refractivity contribution in [2.45, 2.75) is 25.9 Å². The predicted octanol–water partition coefficient (Wildman–Crippen LogP) is 3.25. The summed E-state index contributed by atoms with van der Waals surface area (Å²) in [5.74, 6) is 0.407. The van der Waals surface area contributed by atoms with E-state index < -0.39 is 18.5 Å². The number of nitrogens with zero attached hydrogens (tertiary/aromatic N) is 4. The number of rotatable bonds is 6. The lowest BCUT2D eigenvalue weighted by molar-refractivity contribution is -0.142. The highest BCUT2D eigenvalue weighted by molar-refractivity contribution is 5.79. The number of guanidine groups is 1. The molecule has 28 heavy (non-hydrogen) atoms. The molecule has 0 atom stereocenters. The van der Waals surface area contributed by atoms with E-state index in [1.807, 2.05) is 0 Å². The van der Waals surface area contributed by atoms with Crippen molar-refractivity contribution in [3.8, 4) is 5.75 Å². The first-order valence-electron chi connectivity index (χ1n) is 8.15. The molecule has 0 amide bonds. The molecule has 0 unspecified atom stereocenters. The Morgan fingerprint density at radius 3 is 2.46 bits per heavy atom. The fourth-order valence-corrected chi connectivity index (χ4v) is 2.59. The third-order valence-electron chi connectivity index (χ3n) is 3.75. The molecule has 11 heteroatoms. The van der Waals surface area contributed by atoms with Crippen LogP contribution in [0.5, 0.6) is 5.75 Å². The Labute approximate surface area is 158 Å². The maximum atomic E-state index is 13.0. The van der Waals surface area contributed by atoms with Crippen LogP contribution < -0.4 is 10.1 Å². The first kappa shape index (κ1) is 21.5. The van der Waals surface area contributed by atoms with Gasteiger partial charge in [0, 0.05) is 46.0 Å². The van der Waals surface area contributed by atoms with Crippen LogP contribution in [-0.2, 0) is 26.3 Å².